The van der Waals surface area contributed by atoms with E-state index in [0.717, 1.165) is 60.9 Å². The van der Waals surface area contributed by atoms with Crippen molar-refractivity contribution >= 4 is 72.1 Å². The van der Waals surface area contributed by atoms with Crippen LogP contribution in [0.3, 0.4) is 0 Å². The summed E-state index contributed by atoms with van der Waals surface area (Å²) in [6.45, 7) is 0. The topological polar surface area (TPSA) is 55.3 Å². The van der Waals surface area contributed by atoms with Crippen LogP contribution in [-0.2, 0) is 0 Å². The highest BCUT2D eigenvalue weighted by Gasteiger charge is 2.29. The molecule has 200 valence electrons. The van der Waals surface area contributed by atoms with Crippen molar-refractivity contribution in [2.45, 2.75) is 0 Å². The predicted octanol–water partition coefficient (Wildman–Crippen LogP) is 10.5. The van der Waals surface area contributed by atoms with Crippen LogP contribution in [0.5, 0.6) is 0 Å². The van der Waals surface area contributed by atoms with Gasteiger partial charge in [-0.15, -0.1) is 0 Å². The van der Waals surface area contributed by atoms with Crippen molar-refractivity contribution in [2.24, 2.45) is 0 Å². The number of furan rings is 2. The number of hydrogen-bond donors (Lipinski definition) is 0. The maximum Gasteiger partial charge on any atom is 0.236 e. The molecule has 5 heteroatoms. The van der Waals surface area contributed by atoms with Gasteiger partial charge in [-0.3, -0.25) is 4.90 Å². The fourth-order valence-corrected chi connectivity index (χ4v) is 6.77. The summed E-state index contributed by atoms with van der Waals surface area (Å²) in [6.07, 6.45) is 0. The second-order valence-corrected chi connectivity index (χ2v) is 11.0. The molecule has 0 bridgehead atoms. The summed E-state index contributed by atoms with van der Waals surface area (Å²) in [7, 11) is 0. The van der Waals surface area contributed by atoms with Crippen molar-refractivity contribution in [2.75, 3.05) is 4.90 Å². The van der Waals surface area contributed by atoms with Crippen LogP contribution in [-0.4, -0.2) is 9.97 Å². The smallest absolute Gasteiger partial charge is 0.236 e. The van der Waals surface area contributed by atoms with Crippen molar-refractivity contribution < 1.29 is 8.83 Å². The van der Waals surface area contributed by atoms with E-state index < -0.39 is 0 Å². The number of fused-ring (bicyclic) bond motifs is 8. The number of hydrogen-bond acceptors (Lipinski definition) is 5. The summed E-state index contributed by atoms with van der Waals surface area (Å²) >= 11 is 0. The van der Waals surface area contributed by atoms with Gasteiger partial charge in [-0.25, -0.2) is 9.97 Å². The van der Waals surface area contributed by atoms with E-state index in [-0.39, 0.29) is 0 Å². The lowest BCUT2D eigenvalue weighted by Crippen LogP contribution is -2.17. The molecule has 9 aromatic rings. The molecule has 1 aliphatic heterocycles. The molecule has 5 nitrogen and oxygen atoms in total. The molecule has 0 unspecified atom stereocenters. The number of benzene rings is 6. The Morgan fingerprint density at radius 1 is 0.465 bits per heavy atom. The van der Waals surface area contributed by atoms with Crippen LogP contribution < -0.4 is 4.90 Å². The van der Waals surface area contributed by atoms with Crippen molar-refractivity contribution in [1.82, 2.24) is 9.97 Å². The van der Waals surface area contributed by atoms with Crippen LogP contribution in [0.1, 0.15) is 0 Å². The molecule has 0 saturated heterocycles. The molecule has 0 spiro atoms. The monoisotopic (exact) mass is 551 g/mol. The van der Waals surface area contributed by atoms with Gasteiger partial charge in [0.1, 0.15) is 28.0 Å². The van der Waals surface area contributed by atoms with E-state index in [4.69, 9.17) is 18.8 Å². The normalized spacial score (nSPS) is 12.6. The average Bonchev–Trinajstić information content (AvgIpc) is 3.63. The Hall–Kier alpha value is -5.94. The minimum absolute atomic E-state index is 0.580. The number of nitrogens with zero attached hydrogens (tertiary/aromatic N) is 3. The summed E-state index contributed by atoms with van der Waals surface area (Å²) in [5.74, 6) is 0.580. The van der Waals surface area contributed by atoms with Crippen LogP contribution in [0.15, 0.2) is 136 Å². The van der Waals surface area contributed by atoms with Crippen LogP contribution in [0.2, 0.25) is 0 Å². The lowest BCUT2D eigenvalue weighted by Gasteiger charge is -2.31. The minimum atomic E-state index is 0.580. The van der Waals surface area contributed by atoms with E-state index in [1.807, 2.05) is 36.4 Å². The third-order valence-corrected chi connectivity index (χ3v) is 8.63. The summed E-state index contributed by atoms with van der Waals surface area (Å²) < 4.78 is 13.0. The number of aromatic nitrogens is 2. The summed E-state index contributed by atoms with van der Waals surface area (Å²) in [6, 6.07) is 43.8. The lowest BCUT2D eigenvalue weighted by atomic mass is 9.91. The Labute approximate surface area is 245 Å². The van der Waals surface area contributed by atoms with E-state index >= 15 is 0 Å². The molecule has 1 aliphatic rings. The first-order valence-electron chi connectivity index (χ1n) is 14.3. The number of anilines is 3. The van der Waals surface area contributed by atoms with Crippen LogP contribution in [0.25, 0.3) is 77.2 Å². The second kappa shape index (κ2) is 8.30. The maximum absolute atomic E-state index is 6.50. The van der Waals surface area contributed by atoms with Crippen LogP contribution in [0, 0.1) is 0 Å². The molecule has 4 heterocycles. The van der Waals surface area contributed by atoms with Gasteiger partial charge in [-0.1, -0.05) is 91.0 Å². The van der Waals surface area contributed by atoms with Crippen molar-refractivity contribution in [3.8, 4) is 22.4 Å². The fraction of sp³-hybridized carbons (Fsp3) is 0. The highest BCUT2D eigenvalue weighted by Crippen LogP contribution is 2.51. The molecule has 0 N–H and O–H groups in total. The maximum atomic E-state index is 6.50. The molecular formula is C38H21N3O2. The quantitative estimate of drug-likeness (QED) is 0.214. The molecule has 10 rings (SSSR count). The molecule has 0 atom stereocenters. The van der Waals surface area contributed by atoms with E-state index in [1.54, 1.807) is 0 Å². The van der Waals surface area contributed by atoms with Gasteiger partial charge in [0.05, 0.1) is 11.4 Å². The standard InChI is InChI=1S/C38H21N3O2/c1-4-18-29-23(12-1)25-15-7-10-22-11-8-19-30(33(22)25)41(29)38-39-34-27-14-3-6-21-32(27)43-37(34)35(40-38)28-17-9-16-26-24-13-2-5-20-31(24)42-36(26)28/h1-21H. The van der Waals surface area contributed by atoms with Gasteiger partial charge in [-0.2, -0.15) is 0 Å². The Morgan fingerprint density at radius 3 is 2.00 bits per heavy atom. The van der Waals surface area contributed by atoms with Crippen molar-refractivity contribution in [3.05, 3.63) is 127 Å². The SMILES string of the molecule is c1ccc2c(c1)-c1cccc3cccc(c13)N2c1nc(-c2cccc3c2oc2ccccc23)c2oc3ccccc3c2n1. The van der Waals surface area contributed by atoms with Gasteiger partial charge < -0.3 is 8.83 Å². The minimum Gasteiger partial charge on any atom is -0.455 e. The lowest BCUT2D eigenvalue weighted by molar-refractivity contribution is 0.662. The third-order valence-electron chi connectivity index (χ3n) is 8.63. The molecular weight excluding hydrogens is 530 g/mol. The van der Waals surface area contributed by atoms with E-state index in [1.165, 1.54) is 16.3 Å². The first-order chi connectivity index (χ1) is 21.3. The second-order valence-electron chi connectivity index (χ2n) is 11.0. The largest absolute Gasteiger partial charge is 0.455 e. The van der Waals surface area contributed by atoms with E-state index in [2.05, 4.69) is 95.9 Å². The van der Waals surface area contributed by atoms with Gasteiger partial charge in [0.2, 0.25) is 5.95 Å². The fourth-order valence-electron chi connectivity index (χ4n) is 6.77. The van der Waals surface area contributed by atoms with Gasteiger partial charge >= 0.3 is 0 Å². The van der Waals surface area contributed by atoms with Gasteiger partial charge in [0.15, 0.2) is 5.58 Å². The Balaban J connectivity index is 1.34. The van der Waals surface area contributed by atoms with Crippen LogP contribution in [0.4, 0.5) is 17.3 Å². The van der Waals surface area contributed by atoms with Crippen molar-refractivity contribution in [3.63, 3.8) is 0 Å². The third kappa shape index (κ3) is 3.05. The molecule has 6 aromatic carbocycles. The molecule has 3 aromatic heterocycles. The first kappa shape index (κ1) is 22.7. The molecule has 0 aliphatic carbocycles. The highest BCUT2D eigenvalue weighted by atomic mass is 16.3. The van der Waals surface area contributed by atoms with Gasteiger partial charge in [-0.05, 0) is 47.3 Å². The number of para-hydroxylation sites is 4. The molecule has 43 heavy (non-hydrogen) atoms. The van der Waals surface area contributed by atoms with E-state index in [9.17, 15) is 0 Å². The molecule has 0 radical (unpaired) electrons. The summed E-state index contributed by atoms with van der Waals surface area (Å²) in [4.78, 5) is 12.8. The molecule has 0 saturated carbocycles. The van der Waals surface area contributed by atoms with Crippen LogP contribution >= 0.6 is 0 Å². The Bertz CT molecular complexity index is 2590. The Morgan fingerprint density at radius 2 is 1.09 bits per heavy atom. The first-order valence-corrected chi connectivity index (χ1v) is 14.3. The zero-order chi connectivity index (χ0) is 28.1. The Kier molecular flexibility index (Phi) is 4.39. The zero-order valence-corrected chi connectivity index (χ0v) is 22.8. The van der Waals surface area contributed by atoms with Crippen molar-refractivity contribution in [1.29, 1.82) is 0 Å². The zero-order valence-electron chi connectivity index (χ0n) is 22.8. The summed E-state index contributed by atoms with van der Waals surface area (Å²) in [5.41, 5.74) is 9.81. The predicted molar refractivity (Wildman–Crippen MR) is 173 cm³/mol. The molecule has 0 fully saturated rings. The number of rotatable bonds is 2. The van der Waals surface area contributed by atoms with E-state index in [0.29, 0.717) is 17.2 Å². The highest BCUT2D eigenvalue weighted by molar-refractivity contribution is 6.16. The van der Waals surface area contributed by atoms with Gasteiger partial charge in [0.25, 0.3) is 0 Å². The summed E-state index contributed by atoms with van der Waals surface area (Å²) in [5, 5.41) is 5.42. The average molecular weight is 552 g/mol. The van der Waals surface area contributed by atoms with Gasteiger partial charge in [0, 0.05) is 32.7 Å². The molecule has 0 amide bonds.